The van der Waals surface area contributed by atoms with Gasteiger partial charge in [-0.15, -0.1) is 0 Å². The predicted molar refractivity (Wildman–Crippen MR) is 74.4 cm³/mol. The monoisotopic (exact) mass is 256 g/mol. The van der Waals surface area contributed by atoms with Gasteiger partial charge in [-0.3, -0.25) is 9.69 Å². The number of carbonyl (C=O) groups is 1. The molecule has 106 valence electrons. The van der Waals surface area contributed by atoms with Crippen molar-refractivity contribution in [2.24, 2.45) is 5.73 Å². The molecule has 0 aromatic rings. The Balaban J connectivity index is 2.44. The average molecular weight is 256 g/mol. The van der Waals surface area contributed by atoms with E-state index in [0.717, 1.165) is 26.2 Å². The summed E-state index contributed by atoms with van der Waals surface area (Å²) in [5.74, 6) is 0.0943. The molecule has 1 aliphatic rings. The van der Waals surface area contributed by atoms with E-state index in [4.69, 9.17) is 5.73 Å². The third-order valence-corrected chi connectivity index (χ3v) is 3.26. The number of likely N-dealkylation sites (N-methyl/N-ethyl adjacent to an activating group) is 1. The highest BCUT2D eigenvalue weighted by Crippen LogP contribution is 2.09. The fourth-order valence-corrected chi connectivity index (χ4v) is 2.23. The van der Waals surface area contributed by atoms with Gasteiger partial charge in [0.15, 0.2) is 0 Å². The second-order valence-electron chi connectivity index (χ2n) is 6.23. The van der Waals surface area contributed by atoms with E-state index in [-0.39, 0.29) is 17.5 Å². The van der Waals surface area contributed by atoms with Gasteiger partial charge in [-0.25, -0.2) is 0 Å². The van der Waals surface area contributed by atoms with Crippen LogP contribution in [0, 0.1) is 0 Å². The number of piperazine rings is 1. The van der Waals surface area contributed by atoms with Crippen LogP contribution in [0.4, 0.5) is 0 Å². The van der Waals surface area contributed by atoms with E-state index >= 15 is 0 Å². The molecule has 1 fully saturated rings. The summed E-state index contributed by atoms with van der Waals surface area (Å²) in [4.78, 5) is 16.6. The van der Waals surface area contributed by atoms with Crippen LogP contribution >= 0.6 is 0 Å². The van der Waals surface area contributed by atoms with Crippen LogP contribution in [0.25, 0.3) is 0 Å². The number of nitrogens with one attached hydrogen (secondary N) is 1. The van der Waals surface area contributed by atoms with Crippen LogP contribution in [-0.4, -0.2) is 67.1 Å². The zero-order valence-corrected chi connectivity index (χ0v) is 12.2. The Bertz CT molecular complexity index is 267. The number of hydrogen-bond acceptors (Lipinski definition) is 4. The molecule has 1 heterocycles. The van der Waals surface area contributed by atoms with Gasteiger partial charge >= 0.3 is 0 Å². The Morgan fingerprint density at radius 1 is 1.28 bits per heavy atom. The van der Waals surface area contributed by atoms with Crippen molar-refractivity contribution in [2.45, 2.75) is 38.8 Å². The second kappa shape index (κ2) is 6.50. The first kappa shape index (κ1) is 15.4. The summed E-state index contributed by atoms with van der Waals surface area (Å²) >= 11 is 0. The highest BCUT2D eigenvalue weighted by molar-refractivity contribution is 5.77. The summed E-state index contributed by atoms with van der Waals surface area (Å²) in [6.07, 6.45) is 0.498. The SMILES string of the molecule is CN1CCN(C(CN)CC(=O)NC(C)(C)C)CC1. The number of carbonyl (C=O) groups excluding carboxylic acids is 1. The van der Waals surface area contributed by atoms with Crippen molar-refractivity contribution in [1.82, 2.24) is 15.1 Å². The fraction of sp³-hybridized carbons (Fsp3) is 0.923. The molecule has 0 radical (unpaired) electrons. The van der Waals surface area contributed by atoms with Crippen molar-refractivity contribution >= 4 is 5.91 Å². The molecule has 0 spiro atoms. The van der Waals surface area contributed by atoms with Crippen molar-refractivity contribution in [2.75, 3.05) is 39.8 Å². The van der Waals surface area contributed by atoms with Gasteiger partial charge in [0.25, 0.3) is 0 Å². The zero-order chi connectivity index (χ0) is 13.8. The van der Waals surface area contributed by atoms with Crippen molar-refractivity contribution in [3.63, 3.8) is 0 Å². The van der Waals surface area contributed by atoms with Crippen LogP contribution in [0.15, 0.2) is 0 Å². The van der Waals surface area contributed by atoms with E-state index in [1.165, 1.54) is 0 Å². The lowest BCUT2D eigenvalue weighted by atomic mass is 10.1. The van der Waals surface area contributed by atoms with Gasteiger partial charge < -0.3 is 16.0 Å². The van der Waals surface area contributed by atoms with Gasteiger partial charge in [-0.2, -0.15) is 0 Å². The lowest BCUT2D eigenvalue weighted by Gasteiger charge is -2.37. The summed E-state index contributed by atoms with van der Waals surface area (Å²) in [5, 5.41) is 3.00. The molecule has 1 saturated heterocycles. The summed E-state index contributed by atoms with van der Waals surface area (Å²) in [6, 6.07) is 0.168. The summed E-state index contributed by atoms with van der Waals surface area (Å²) in [7, 11) is 2.13. The Morgan fingerprint density at radius 3 is 2.28 bits per heavy atom. The van der Waals surface area contributed by atoms with Crippen molar-refractivity contribution < 1.29 is 4.79 Å². The number of amides is 1. The minimum Gasteiger partial charge on any atom is -0.351 e. The Labute approximate surface area is 111 Å². The minimum atomic E-state index is -0.168. The third kappa shape index (κ3) is 5.33. The van der Waals surface area contributed by atoms with E-state index in [2.05, 4.69) is 22.2 Å². The number of hydrogen-bond donors (Lipinski definition) is 2. The quantitative estimate of drug-likeness (QED) is 0.735. The molecule has 5 heteroatoms. The number of rotatable bonds is 4. The van der Waals surface area contributed by atoms with E-state index in [0.29, 0.717) is 13.0 Å². The van der Waals surface area contributed by atoms with Crippen LogP contribution in [0.2, 0.25) is 0 Å². The topological polar surface area (TPSA) is 61.6 Å². The first-order valence-corrected chi connectivity index (χ1v) is 6.75. The smallest absolute Gasteiger partial charge is 0.222 e. The van der Waals surface area contributed by atoms with Crippen LogP contribution in [-0.2, 0) is 4.79 Å². The molecule has 1 aliphatic heterocycles. The van der Waals surface area contributed by atoms with E-state index in [1.807, 2.05) is 20.8 Å². The van der Waals surface area contributed by atoms with Gasteiger partial charge in [-0.05, 0) is 27.8 Å². The lowest BCUT2D eigenvalue weighted by Crippen LogP contribution is -2.53. The average Bonchev–Trinajstić information content (AvgIpc) is 2.25. The van der Waals surface area contributed by atoms with Gasteiger partial charge in [0.1, 0.15) is 0 Å². The highest BCUT2D eigenvalue weighted by Gasteiger charge is 2.24. The molecule has 18 heavy (non-hydrogen) atoms. The van der Waals surface area contributed by atoms with Crippen molar-refractivity contribution in [1.29, 1.82) is 0 Å². The maximum Gasteiger partial charge on any atom is 0.222 e. The standard InChI is InChI=1S/C13H28N4O/c1-13(2,3)15-12(18)9-11(10-14)17-7-5-16(4)6-8-17/h11H,5-10,14H2,1-4H3,(H,15,18). The zero-order valence-electron chi connectivity index (χ0n) is 12.2. The predicted octanol–water partition coefficient (Wildman–Crippen LogP) is -0.134. The molecule has 1 unspecified atom stereocenters. The Hall–Kier alpha value is -0.650. The highest BCUT2D eigenvalue weighted by atomic mass is 16.1. The third-order valence-electron chi connectivity index (χ3n) is 3.26. The second-order valence-corrected chi connectivity index (χ2v) is 6.23. The molecule has 0 aromatic heterocycles. The van der Waals surface area contributed by atoms with E-state index < -0.39 is 0 Å². The van der Waals surface area contributed by atoms with Gasteiger partial charge in [0, 0.05) is 50.7 Å². The normalized spacial score (nSPS) is 20.7. The summed E-state index contributed by atoms with van der Waals surface area (Å²) in [5.41, 5.74) is 5.65. The molecule has 0 saturated carbocycles. The molecule has 1 rings (SSSR count). The first-order valence-electron chi connectivity index (χ1n) is 6.75. The van der Waals surface area contributed by atoms with Gasteiger partial charge in [0.05, 0.1) is 0 Å². The van der Waals surface area contributed by atoms with Crippen LogP contribution < -0.4 is 11.1 Å². The van der Waals surface area contributed by atoms with Gasteiger partial charge in [0.2, 0.25) is 5.91 Å². The molecule has 0 aliphatic carbocycles. The maximum atomic E-state index is 11.9. The van der Waals surface area contributed by atoms with E-state index in [9.17, 15) is 4.79 Å². The Kier molecular flexibility index (Phi) is 5.56. The van der Waals surface area contributed by atoms with Crippen molar-refractivity contribution in [3.8, 4) is 0 Å². The van der Waals surface area contributed by atoms with Gasteiger partial charge in [-0.1, -0.05) is 0 Å². The first-order chi connectivity index (χ1) is 8.31. The molecule has 1 amide bonds. The van der Waals surface area contributed by atoms with Crippen molar-refractivity contribution in [3.05, 3.63) is 0 Å². The fourth-order valence-electron chi connectivity index (χ4n) is 2.23. The molecule has 5 nitrogen and oxygen atoms in total. The number of nitrogens with two attached hydrogens (primary N) is 1. The summed E-state index contributed by atoms with van der Waals surface area (Å²) < 4.78 is 0. The van der Waals surface area contributed by atoms with E-state index in [1.54, 1.807) is 0 Å². The van der Waals surface area contributed by atoms with Crippen LogP contribution in [0.3, 0.4) is 0 Å². The maximum absolute atomic E-state index is 11.9. The molecule has 1 atom stereocenters. The molecule has 3 N–H and O–H groups in total. The molecular weight excluding hydrogens is 228 g/mol. The molecule has 0 bridgehead atoms. The number of nitrogens with zero attached hydrogens (tertiary/aromatic N) is 2. The Morgan fingerprint density at radius 2 is 1.83 bits per heavy atom. The lowest BCUT2D eigenvalue weighted by molar-refractivity contribution is -0.123. The largest absolute Gasteiger partial charge is 0.351 e. The summed E-state index contributed by atoms with van der Waals surface area (Å²) in [6.45, 7) is 10.6. The minimum absolute atomic E-state index is 0.0943. The molecular formula is C13H28N4O. The van der Waals surface area contributed by atoms with Crippen LogP contribution in [0.1, 0.15) is 27.2 Å². The molecule has 0 aromatic carbocycles. The van der Waals surface area contributed by atoms with Crippen LogP contribution in [0.5, 0.6) is 0 Å².